The molecule has 194 valence electrons. The molecule has 0 spiro atoms. The second kappa shape index (κ2) is 14.8. The Bertz CT molecular complexity index is 757. The van der Waals surface area contributed by atoms with E-state index in [0.717, 1.165) is 0 Å². The second-order valence-corrected chi connectivity index (χ2v) is 8.67. The maximum absolute atomic E-state index is 12.8. The standard InChI is InChI=1S/C21H37N5O8/c1-5-11(4)17(21(33)34)26-20(32)13(8-10(2)3)25-19(31)14(9-16(28)29)24-18(30)12(22)6-7-15(23)27/h10-14,17H,5-9,22H2,1-4H3,(H2,23,27)(H,24,30)(H,25,31)(H,26,32)(H,28,29)(H,33,34). The third-order valence-corrected chi connectivity index (χ3v) is 5.17. The fraction of sp³-hybridized carbons (Fsp3) is 0.714. The normalized spacial score (nSPS) is 15.4. The van der Waals surface area contributed by atoms with Gasteiger partial charge in [-0.2, -0.15) is 0 Å². The van der Waals surface area contributed by atoms with Crippen LogP contribution >= 0.6 is 0 Å². The van der Waals surface area contributed by atoms with E-state index in [1.165, 1.54) is 0 Å². The van der Waals surface area contributed by atoms with Gasteiger partial charge in [0.1, 0.15) is 18.1 Å². The Morgan fingerprint density at radius 2 is 1.38 bits per heavy atom. The van der Waals surface area contributed by atoms with Crippen molar-refractivity contribution in [2.24, 2.45) is 23.3 Å². The zero-order valence-electron chi connectivity index (χ0n) is 20.0. The summed E-state index contributed by atoms with van der Waals surface area (Å²) in [6.07, 6.45) is -0.451. The summed E-state index contributed by atoms with van der Waals surface area (Å²) in [7, 11) is 0. The minimum atomic E-state index is -1.56. The van der Waals surface area contributed by atoms with Gasteiger partial charge in [-0.15, -0.1) is 0 Å². The lowest BCUT2D eigenvalue weighted by atomic mass is 9.97. The number of carboxylic acid groups (broad SMARTS) is 2. The lowest BCUT2D eigenvalue weighted by Crippen LogP contribution is -2.58. The van der Waals surface area contributed by atoms with Crippen molar-refractivity contribution in [3.05, 3.63) is 0 Å². The molecule has 5 atom stereocenters. The lowest BCUT2D eigenvalue weighted by molar-refractivity contribution is -0.144. The summed E-state index contributed by atoms with van der Waals surface area (Å²) in [5.41, 5.74) is 10.7. The van der Waals surface area contributed by atoms with Crippen LogP contribution in [0.15, 0.2) is 0 Å². The van der Waals surface area contributed by atoms with Crippen molar-refractivity contribution in [3.8, 4) is 0 Å². The number of carbonyl (C=O) groups excluding carboxylic acids is 4. The summed E-state index contributed by atoms with van der Waals surface area (Å²) >= 11 is 0. The number of carboxylic acids is 2. The number of rotatable bonds is 16. The molecule has 4 amide bonds. The Morgan fingerprint density at radius 3 is 1.82 bits per heavy atom. The van der Waals surface area contributed by atoms with Gasteiger partial charge in [-0.1, -0.05) is 34.1 Å². The Hall–Kier alpha value is -3.22. The second-order valence-electron chi connectivity index (χ2n) is 8.67. The molecule has 0 bridgehead atoms. The average Bonchev–Trinajstić information content (AvgIpc) is 2.72. The minimum Gasteiger partial charge on any atom is -0.481 e. The average molecular weight is 488 g/mol. The number of carbonyl (C=O) groups is 6. The van der Waals surface area contributed by atoms with E-state index in [1.54, 1.807) is 27.7 Å². The molecule has 0 aliphatic heterocycles. The van der Waals surface area contributed by atoms with E-state index in [0.29, 0.717) is 6.42 Å². The highest BCUT2D eigenvalue weighted by Crippen LogP contribution is 2.11. The molecule has 0 aromatic carbocycles. The first-order valence-corrected chi connectivity index (χ1v) is 11.1. The van der Waals surface area contributed by atoms with Crippen LogP contribution in [0, 0.1) is 11.8 Å². The van der Waals surface area contributed by atoms with Crippen LogP contribution in [0.3, 0.4) is 0 Å². The summed E-state index contributed by atoms with van der Waals surface area (Å²) in [5.74, 6) is -6.31. The van der Waals surface area contributed by atoms with E-state index in [2.05, 4.69) is 16.0 Å². The van der Waals surface area contributed by atoms with E-state index in [-0.39, 0.29) is 31.1 Å². The molecule has 0 aliphatic carbocycles. The maximum atomic E-state index is 12.8. The molecule has 0 aliphatic rings. The molecule has 0 fully saturated rings. The molecule has 0 aromatic rings. The SMILES string of the molecule is CCC(C)C(NC(=O)C(CC(C)C)NC(=O)C(CC(=O)O)NC(=O)C(N)CCC(N)=O)C(=O)O. The molecule has 0 radical (unpaired) electrons. The molecule has 9 N–H and O–H groups in total. The van der Waals surface area contributed by atoms with E-state index in [4.69, 9.17) is 16.6 Å². The van der Waals surface area contributed by atoms with Crippen molar-refractivity contribution < 1.29 is 39.0 Å². The minimum absolute atomic E-state index is 0.0855. The highest BCUT2D eigenvalue weighted by molar-refractivity contribution is 5.95. The predicted molar refractivity (Wildman–Crippen MR) is 121 cm³/mol. The van der Waals surface area contributed by atoms with Gasteiger partial charge in [0.15, 0.2) is 0 Å². The lowest BCUT2D eigenvalue weighted by Gasteiger charge is -2.27. The van der Waals surface area contributed by atoms with Crippen LogP contribution in [0.25, 0.3) is 0 Å². The number of nitrogens with two attached hydrogens (primary N) is 2. The Balaban J connectivity index is 5.54. The highest BCUT2D eigenvalue weighted by atomic mass is 16.4. The molecule has 0 aromatic heterocycles. The van der Waals surface area contributed by atoms with Crippen molar-refractivity contribution in [1.82, 2.24) is 16.0 Å². The summed E-state index contributed by atoms with van der Waals surface area (Å²) < 4.78 is 0. The number of nitrogens with one attached hydrogen (secondary N) is 3. The van der Waals surface area contributed by atoms with Crippen LogP contribution in [0.4, 0.5) is 0 Å². The number of primary amides is 1. The van der Waals surface area contributed by atoms with Crippen molar-refractivity contribution in [3.63, 3.8) is 0 Å². The number of aliphatic carboxylic acids is 2. The Kier molecular flexibility index (Phi) is 13.4. The summed E-state index contributed by atoms with van der Waals surface area (Å²) in [6, 6.07) is -5.12. The molecule has 5 unspecified atom stereocenters. The number of hydrogen-bond donors (Lipinski definition) is 7. The van der Waals surface area contributed by atoms with E-state index < -0.39 is 66.2 Å². The first-order chi connectivity index (χ1) is 15.7. The first kappa shape index (κ1) is 30.8. The van der Waals surface area contributed by atoms with Crippen molar-refractivity contribution >= 4 is 35.6 Å². The quantitative estimate of drug-likeness (QED) is 0.137. The fourth-order valence-corrected chi connectivity index (χ4v) is 3.00. The zero-order valence-corrected chi connectivity index (χ0v) is 20.0. The van der Waals surface area contributed by atoms with Crippen molar-refractivity contribution in [2.75, 3.05) is 0 Å². The van der Waals surface area contributed by atoms with Crippen LogP contribution in [0.5, 0.6) is 0 Å². The maximum Gasteiger partial charge on any atom is 0.326 e. The van der Waals surface area contributed by atoms with Gasteiger partial charge in [-0.3, -0.25) is 24.0 Å². The molecule has 0 saturated heterocycles. The summed E-state index contributed by atoms with van der Waals surface area (Å²) in [4.78, 5) is 71.6. The van der Waals surface area contributed by atoms with Gasteiger partial charge in [0.25, 0.3) is 0 Å². The Labute approximate surface area is 198 Å². The molecular weight excluding hydrogens is 450 g/mol. The fourth-order valence-electron chi connectivity index (χ4n) is 3.00. The van der Waals surface area contributed by atoms with E-state index in [1.807, 2.05) is 0 Å². The van der Waals surface area contributed by atoms with E-state index >= 15 is 0 Å². The largest absolute Gasteiger partial charge is 0.481 e. The smallest absolute Gasteiger partial charge is 0.326 e. The molecule has 13 heteroatoms. The molecule has 0 rings (SSSR count). The zero-order chi connectivity index (χ0) is 26.6. The summed E-state index contributed by atoms with van der Waals surface area (Å²) in [5, 5.41) is 25.6. The van der Waals surface area contributed by atoms with Crippen molar-refractivity contribution in [2.45, 2.75) is 84.0 Å². The van der Waals surface area contributed by atoms with Crippen LogP contribution < -0.4 is 27.4 Å². The Morgan fingerprint density at radius 1 is 0.853 bits per heavy atom. The number of hydrogen-bond acceptors (Lipinski definition) is 7. The molecule has 0 heterocycles. The van der Waals surface area contributed by atoms with Crippen LogP contribution in [-0.2, 0) is 28.8 Å². The topological polar surface area (TPSA) is 231 Å². The van der Waals surface area contributed by atoms with Crippen molar-refractivity contribution in [1.29, 1.82) is 0 Å². The molecule has 13 nitrogen and oxygen atoms in total. The molecular formula is C21H37N5O8. The van der Waals surface area contributed by atoms with Gasteiger partial charge < -0.3 is 37.6 Å². The van der Waals surface area contributed by atoms with Crippen LogP contribution in [-0.4, -0.2) is 69.9 Å². The first-order valence-electron chi connectivity index (χ1n) is 11.1. The van der Waals surface area contributed by atoms with Gasteiger partial charge in [-0.25, -0.2) is 4.79 Å². The third-order valence-electron chi connectivity index (χ3n) is 5.17. The monoisotopic (exact) mass is 487 g/mol. The van der Waals surface area contributed by atoms with E-state index in [9.17, 15) is 33.9 Å². The van der Waals surface area contributed by atoms with Gasteiger partial charge in [0, 0.05) is 6.42 Å². The molecule has 0 saturated carbocycles. The van der Waals surface area contributed by atoms with Gasteiger partial charge >= 0.3 is 11.9 Å². The van der Waals surface area contributed by atoms with Gasteiger partial charge in [-0.05, 0) is 24.7 Å². The van der Waals surface area contributed by atoms with Gasteiger partial charge in [0.05, 0.1) is 12.5 Å². The third kappa shape index (κ3) is 11.6. The van der Waals surface area contributed by atoms with Crippen LogP contribution in [0.2, 0.25) is 0 Å². The molecule has 34 heavy (non-hydrogen) atoms. The summed E-state index contributed by atoms with van der Waals surface area (Å²) in [6.45, 7) is 7.00. The number of amides is 4. The predicted octanol–water partition coefficient (Wildman–Crippen LogP) is -1.31. The van der Waals surface area contributed by atoms with Gasteiger partial charge in [0.2, 0.25) is 23.6 Å². The van der Waals surface area contributed by atoms with Crippen LogP contribution in [0.1, 0.15) is 59.8 Å². The highest BCUT2D eigenvalue weighted by Gasteiger charge is 2.33.